The Morgan fingerprint density at radius 3 is 2.32 bits per heavy atom. The number of carbonyl (C=O) groups is 2. The number of dihydropyridines is 1. The van der Waals surface area contributed by atoms with Gasteiger partial charge >= 0.3 is 5.97 Å². The summed E-state index contributed by atoms with van der Waals surface area (Å²) >= 11 is 0. The molecule has 6 rings (SSSR count). The van der Waals surface area contributed by atoms with Gasteiger partial charge in [0.05, 0.1) is 11.3 Å². The lowest BCUT2D eigenvalue weighted by Gasteiger charge is -2.39. The van der Waals surface area contributed by atoms with Crippen molar-refractivity contribution in [3.05, 3.63) is 88.1 Å². The zero-order valence-electron chi connectivity index (χ0n) is 20.3. The molecule has 4 aliphatic rings. The number of benzene rings is 2. The third kappa shape index (κ3) is 2.71. The highest BCUT2D eigenvalue weighted by molar-refractivity contribution is 6.23. The second-order valence-corrected chi connectivity index (χ2v) is 11.2. The molecule has 2 bridgehead atoms. The van der Waals surface area contributed by atoms with Crippen molar-refractivity contribution in [2.75, 3.05) is 0 Å². The number of fused-ring (bicyclic) bond motifs is 4. The van der Waals surface area contributed by atoms with Gasteiger partial charge in [-0.1, -0.05) is 75.4 Å². The van der Waals surface area contributed by atoms with Crippen LogP contribution in [-0.4, -0.2) is 17.9 Å². The summed E-state index contributed by atoms with van der Waals surface area (Å²) in [6, 6.07) is 17.5. The number of hydrogen-bond donors (Lipinski definition) is 1. The molecule has 4 atom stereocenters. The van der Waals surface area contributed by atoms with E-state index in [2.05, 4.69) is 26.1 Å². The standard InChI is InChI=1S/C30H31NO3/c1-17-23(28(33)34-22-16-19-14-15-30(22,4)29(19,2)3)24(18-10-6-5-7-11-18)25-26(31-17)20-12-8-9-13-21(20)27(25)32/h5-13,19,22,24,31H,14-16H2,1-4H3/t19-,22-,24+,30-/m0/s1. The minimum Gasteiger partial charge on any atom is -0.458 e. The molecule has 2 fully saturated rings. The van der Waals surface area contributed by atoms with E-state index in [1.807, 2.05) is 61.5 Å². The Hall–Kier alpha value is -3.14. The molecule has 2 saturated carbocycles. The van der Waals surface area contributed by atoms with Crippen LogP contribution in [0.1, 0.15) is 74.4 Å². The lowest BCUT2D eigenvalue weighted by atomic mass is 9.70. The first-order chi connectivity index (χ1) is 16.2. The first-order valence-corrected chi connectivity index (χ1v) is 12.4. The first-order valence-electron chi connectivity index (χ1n) is 12.4. The normalized spacial score (nSPS) is 30.8. The van der Waals surface area contributed by atoms with Crippen LogP contribution in [0.25, 0.3) is 5.70 Å². The van der Waals surface area contributed by atoms with Crippen LogP contribution in [0.4, 0.5) is 0 Å². The summed E-state index contributed by atoms with van der Waals surface area (Å²) in [6.07, 6.45) is 3.11. The molecule has 1 heterocycles. The van der Waals surface area contributed by atoms with Crippen molar-refractivity contribution < 1.29 is 14.3 Å². The predicted octanol–water partition coefficient (Wildman–Crippen LogP) is 6.01. The molecule has 4 nitrogen and oxygen atoms in total. The van der Waals surface area contributed by atoms with Crippen LogP contribution in [-0.2, 0) is 9.53 Å². The Balaban J connectivity index is 1.41. The molecule has 0 saturated heterocycles. The average Bonchev–Trinajstić information content (AvgIpc) is 3.31. The molecule has 174 valence electrons. The summed E-state index contributed by atoms with van der Waals surface area (Å²) in [4.78, 5) is 27.5. The smallest absolute Gasteiger partial charge is 0.337 e. The van der Waals surface area contributed by atoms with Gasteiger partial charge in [0.1, 0.15) is 6.10 Å². The summed E-state index contributed by atoms with van der Waals surface area (Å²) < 4.78 is 6.34. The van der Waals surface area contributed by atoms with E-state index in [0.29, 0.717) is 22.6 Å². The fraction of sp³-hybridized carbons (Fsp3) is 0.400. The molecule has 34 heavy (non-hydrogen) atoms. The van der Waals surface area contributed by atoms with Crippen LogP contribution in [0.5, 0.6) is 0 Å². The van der Waals surface area contributed by atoms with E-state index in [1.165, 1.54) is 6.42 Å². The van der Waals surface area contributed by atoms with Crippen molar-refractivity contribution in [3.63, 3.8) is 0 Å². The molecule has 2 aromatic rings. The Morgan fingerprint density at radius 2 is 1.68 bits per heavy atom. The Morgan fingerprint density at radius 1 is 1.00 bits per heavy atom. The molecule has 1 aliphatic heterocycles. The van der Waals surface area contributed by atoms with Gasteiger partial charge in [0.2, 0.25) is 0 Å². The quantitative estimate of drug-likeness (QED) is 0.578. The van der Waals surface area contributed by atoms with E-state index in [1.54, 1.807) is 0 Å². The minimum atomic E-state index is -0.454. The largest absolute Gasteiger partial charge is 0.458 e. The van der Waals surface area contributed by atoms with E-state index < -0.39 is 5.92 Å². The molecule has 0 aromatic heterocycles. The number of ether oxygens (including phenoxy) is 1. The van der Waals surface area contributed by atoms with Gasteiger partial charge in [-0.3, -0.25) is 4.79 Å². The fourth-order valence-electron chi connectivity index (χ4n) is 7.08. The SMILES string of the molecule is CC1=C(C(=O)O[C@H]2C[C@@H]3CC[C@]2(C)C3(C)C)[C@@H](c2ccccc2)C2=C(N1)c1ccccc1C2=O. The molecule has 0 spiro atoms. The summed E-state index contributed by atoms with van der Waals surface area (Å²) in [7, 11) is 0. The lowest BCUT2D eigenvalue weighted by Crippen LogP contribution is -2.39. The Bertz CT molecular complexity index is 1290. The monoisotopic (exact) mass is 453 g/mol. The van der Waals surface area contributed by atoms with E-state index in [-0.39, 0.29) is 28.7 Å². The molecule has 3 aliphatic carbocycles. The van der Waals surface area contributed by atoms with Crippen LogP contribution >= 0.6 is 0 Å². The van der Waals surface area contributed by atoms with Crippen molar-refractivity contribution in [1.82, 2.24) is 5.32 Å². The van der Waals surface area contributed by atoms with Crippen molar-refractivity contribution in [1.29, 1.82) is 0 Å². The van der Waals surface area contributed by atoms with Gasteiger partial charge in [-0.25, -0.2) is 4.79 Å². The van der Waals surface area contributed by atoms with Crippen LogP contribution in [0, 0.1) is 16.7 Å². The van der Waals surface area contributed by atoms with Gasteiger partial charge in [-0.2, -0.15) is 0 Å². The second kappa shape index (κ2) is 7.18. The number of rotatable bonds is 3. The van der Waals surface area contributed by atoms with Gasteiger partial charge in [-0.15, -0.1) is 0 Å². The number of ketones is 1. The summed E-state index contributed by atoms with van der Waals surface area (Å²) in [5.41, 5.74) is 5.43. The number of esters is 1. The molecule has 4 heteroatoms. The maximum Gasteiger partial charge on any atom is 0.337 e. The third-order valence-electron chi connectivity index (χ3n) is 9.56. The molecule has 0 amide bonds. The van der Waals surface area contributed by atoms with Crippen LogP contribution in [0.2, 0.25) is 0 Å². The minimum absolute atomic E-state index is 0.0160. The van der Waals surface area contributed by atoms with E-state index >= 15 is 0 Å². The zero-order chi connectivity index (χ0) is 23.8. The van der Waals surface area contributed by atoms with E-state index in [9.17, 15) is 9.59 Å². The van der Waals surface area contributed by atoms with Crippen molar-refractivity contribution in [2.45, 2.75) is 59.0 Å². The third-order valence-corrected chi connectivity index (χ3v) is 9.56. The number of carbonyl (C=O) groups excluding carboxylic acids is 2. The fourth-order valence-corrected chi connectivity index (χ4v) is 7.08. The predicted molar refractivity (Wildman–Crippen MR) is 132 cm³/mol. The first kappa shape index (κ1) is 21.4. The van der Waals surface area contributed by atoms with Gasteiger partial charge in [-0.05, 0) is 43.1 Å². The summed E-state index contributed by atoms with van der Waals surface area (Å²) in [6.45, 7) is 8.85. The number of allylic oxidation sites excluding steroid dienone is 2. The van der Waals surface area contributed by atoms with Crippen molar-refractivity contribution >= 4 is 17.4 Å². The summed E-state index contributed by atoms with van der Waals surface area (Å²) in [5, 5.41) is 3.42. The van der Waals surface area contributed by atoms with Gasteiger partial charge in [0, 0.05) is 33.7 Å². The zero-order valence-corrected chi connectivity index (χ0v) is 20.3. The molecule has 2 aromatic carbocycles. The maximum atomic E-state index is 13.9. The highest BCUT2D eigenvalue weighted by Gasteiger charge is 2.63. The molecular weight excluding hydrogens is 422 g/mol. The van der Waals surface area contributed by atoms with Gasteiger partial charge in [0.15, 0.2) is 5.78 Å². The molecule has 0 radical (unpaired) electrons. The Kier molecular flexibility index (Phi) is 4.52. The van der Waals surface area contributed by atoms with Crippen LogP contribution in [0.3, 0.4) is 0 Å². The number of Topliss-reactive ketones (excluding diaryl/α,β-unsaturated/α-hetero) is 1. The highest BCUT2D eigenvalue weighted by Crippen LogP contribution is 2.66. The number of hydrogen-bond acceptors (Lipinski definition) is 4. The van der Waals surface area contributed by atoms with Crippen LogP contribution in [0.15, 0.2) is 71.4 Å². The van der Waals surface area contributed by atoms with Gasteiger partial charge in [0.25, 0.3) is 0 Å². The Labute approximate surface area is 201 Å². The van der Waals surface area contributed by atoms with Crippen molar-refractivity contribution in [2.24, 2.45) is 16.7 Å². The van der Waals surface area contributed by atoms with Crippen LogP contribution < -0.4 is 5.32 Å². The molecular formula is C30H31NO3. The van der Waals surface area contributed by atoms with E-state index in [4.69, 9.17) is 4.74 Å². The lowest BCUT2D eigenvalue weighted by molar-refractivity contribution is -0.152. The average molecular weight is 454 g/mol. The summed E-state index contributed by atoms with van der Waals surface area (Å²) in [5.74, 6) is -0.189. The number of nitrogens with one attached hydrogen (secondary N) is 1. The molecule has 0 unspecified atom stereocenters. The van der Waals surface area contributed by atoms with Gasteiger partial charge < -0.3 is 10.1 Å². The maximum absolute atomic E-state index is 13.9. The van der Waals surface area contributed by atoms with E-state index in [0.717, 1.165) is 35.4 Å². The van der Waals surface area contributed by atoms with Crippen molar-refractivity contribution in [3.8, 4) is 0 Å². The topological polar surface area (TPSA) is 55.4 Å². The highest BCUT2D eigenvalue weighted by atomic mass is 16.5. The molecule has 1 N–H and O–H groups in total. The second-order valence-electron chi connectivity index (χ2n) is 11.2.